The van der Waals surface area contributed by atoms with E-state index < -0.39 is 0 Å². The largest absolute Gasteiger partial charge is 0.393 e. The SMILES string of the molecule is CC(NC(=O)CN1CCC(C(C)O)CC1)c1cccs1. The fourth-order valence-corrected chi connectivity index (χ4v) is 3.43. The number of thiophene rings is 1. The van der Waals surface area contributed by atoms with Crippen LogP contribution in [0.15, 0.2) is 17.5 Å². The first-order valence-corrected chi connectivity index (χ1v) is 8.17. The fourth-order valence-electron chi connectivity index (χ4n) is 2.69. The third-order valence-corrected chi connectivity index (χ3v) is 5.08. The summed E-state index contributed by atoms with van der Waals surface area (Å²) in [7, 11) is 0. The Morgan fingerprint density at radius 1 is 1.50 bits per heavy atom. The van der Waals surface area contributed by atoms with Gasteiger partial charge in [-0.25, -0.2) is 0 Å². The summed E-state index contributed by atoms with van der Waals surface area (Å²) in [6, 6.07) is 4.13. The van der Waals surface area contributed by atoms with Crippen molar-refractivity contribution < 1.29 is 9.90 Å². The van der Waals surface area contributed by atoms with Gasteiger partial charge in [-0.3, -0.25) is 9.69 Å². The molecule has 2 heterocycles. The number of hydrogen-bond acceptors (Lipinski definition) is 4. The average Bonchev–Trinajstić information content (AvgIpc) is 2.93. The topological polar surface area (TPSA) is 52.6 Å². The van der Waals surface area contributed by atoms with E-state index in [2.05, 4.69) is 10.2 Å². The van der Waals surface area contributed by atoms with Crippen LogP contribution in [0.1, 0.15) is 37.6 Å². The summed E-state index contributed by atoms with van der Waals surface area (Å²) in [5.74, 6) is 0.473. The number of carbonyl (C=O) groups is 1. The maximum Gasteiger partial charge on any atom is 0.234 e. The van der Waals surface area contributed by atoms with E-state index in [9.17, 15) is 9.90 Å². The van der Waals surface area contributed by atoms with Crippen LogP contribution in [0.4, 0.5) is 0 Å². The zero-order valence-electron chi connectivity index (χ0n) is 12.2. The lowest BCUT2D eigenvalue weighted by Gasteiger charge is -2.32. The van der Waals surface area contributed by atoms with Crippen LogP contribution in [0.25, 0.3) is 0 Å². The van der Waals surface area contributed by atoms with Gasteiger partial charge in [0.1, 0.15) is 0 Å². The monoisotopic (exact) mass is 296 g/mol. The van der Waals surface area contributed by atoms with Crippen molar-refractivity contribution >= 4 is 17.2 Å². The number of nitrogens with one attached hydrogen (secondary N) is 1. The molecule has 20 heavy (non-hydrogen) atoms. The highest BCUT2D eigenvalue weighted by molar-refractivity contribution is 7.10. The van der Waals surface area contributed by atoms with Gasteiger partial charge in [-0.15, -0.1) is 11.3 Å². The molecule has 0 saturated carbocycles. The minimum atomic E-state index is -0.232. The Hall–Kier alpha value is -0.910. The smallest absolute Gasteiger partial charge is 0.234 e. The molecule has 0 aliphatic carbocycles. The van der Waals surface area contributed by atoms with Crippen LogP contribution in [0.5, 0.6) is 0 Å². The third-order valence-electron chi connectivity index (χ3n) is 4.03. The van der Waals surface area contributed by atoms with Crippen molar-refractivity contribution in [3.05, 3.63) is 22.4 Å². The zero-order chi connectivity index (χ0) is 14.5. The molecular weight excluding hydrogens is 272 g/mol. The molecule has 4 nitrogen and oxygen atoms in total. The molecule has 1 aliphatic heterocycles. The number of likely N-dealkylation sites (tertiary alicyclic amines) is 1. The molecule has 112 valence electrons. The van der Waals surface area contributed by atoms with Crippen LogP contribution in [0.2, 0.25) is 0 Å². The summed E-state index contributed by atoms with van der Waals surface area (Å²) in [5, 5.41) is 14.6. The molecule has 0 spiro atoms. The molecule has 0 bridgehead atoms. The van der Waals surface area contributed by atoms with Crippen molar-refractivity contribution in [3.63, 3.8) is 0 Å². The van der Waals surface area contributed by atoms with Crippen molar-refractivity contribution in [2.24, 2.45) is 5.92 Å². The average molecular weight is 296 g/mol. The summed E-state index contributed by atoms with van der Waals surface area (Å²) >= 11 is 1.67. The van der Waals surface area contributed by atoms with Crippen LogP contribution in [0, 0.1) is 5.92 Å². The van der Waals surface area contributed by atoms with Gasteiger partial charge in [-0.1, -0.05) is 6.07 Å². The zero-order valence-corrected chi connectivity index (χ0v) is 13.0. The van der Waals surface area contributed by atoms with E-state index in [4.69, 9.17) is 0 Å². The van der Waals surface area contributed by atoms with Crippen molar-refractivity contribution in [3.8, 4) is 0 Å². The number of rotatable bonds is 5. The highest BCUT2D eigenvalue weighted by atomic mass is 32.1. The minimum absolute atomic E-state index is 0.0810. The van der Waals surface area contributed by atoms with E-state index in [-0.39, 0.29) is 18.1 Å². The Labute approximate surface area is 124 Å². The second kappa shape index (κ2) is 7.20. The Morgan fingerprint density at radius 2 is 2.20 bits per heavy atom. The summed E-state index contributed by atoms with van der Waals surface area (Å²) in [5.41, 5.74) is 0. The van der Waals surface area contributed by atoms with Crippen LogP contribution < -0.4 is 5.32 Å². The minimum Gasteiger partial charge on any atom is -0.393 e. The van der Waals surface area contributed by atoms with Crippen molar-refractivity contribution in [1.82, 2.24) is 10.2 Å². The molecule has 1 aromatic heterocycles. The lowest BCUT2D eigenvalue weighted by atomic mass is 9.92. The van der Waals surface area contributed by atoms with Crippen LogP contribution in [-0.4, -0.2) is 41.7 Å². The van der Waals surface area contributed by atoms with Gasteiger partial charge in [0.15, 0.2) is 0 Å². The molecule has 2 atom stereocenters. The quantitative estimate of drug-likeness (QED) is 0.874. The van der Waals surface area contributed by atoms with Crippen molar-refractivity contribution in [1.29, 1.82) is 0 Å². The molecule has 0 radical (unpaired) electrons. The molecule has 0 aromatic carbocycles. The maximum absolute atomic E-state index is 12.0. The third kappa shape index (κ3) is 4.30. The summed E-state index contributed by atoms with van der Waals surface area (Å²) in [6.07, 6.45) is 1.72. The Bertz CT molecular complexity index is 412. The molecule has 1 amide bonds. The number of hydrogen-bond donors (Lipinski definition) is 2. The normalized spacial score (nSPS) is 20.6. The van der Waals surface area contributed by atoms with Gasteiger partial charge >= 0.3 is 0 Å². The van der Waals surface area contributed by atoms with E-state index in [1.807, 2.05) is 31.4 Å². The molecule has 2 unspecified atom stereocenters. The van der Waals surface area contributed by atoms with Gasteiger partial charge < -0.3 is 10.4 Å². The number of piperidine rings is 1. The second-order valence-electron chi connectivity index (χ2n) is 5.66. The standard InChI is InChI=1S/C15H24N2O2S/c1-11(14-4-3-9-20-14)16-15(19)10-17-7-5-13(6-8-17)12(2)18/h3-4,9,11-13,18H,5-8,10H2,1-2H3,(H,16,19). The van der Waals surface area contributed by atoms with Crippen LogP contribution in [-0.2, 0) is 4.79 Å². The van der Waals surface area contributed by atoms with E-state index in [1.165, 1.54) is 4.88 Å². The molecule has 1 aromatic rings. The van der Waals surface area contributed by atoms with Crippen molar-refractivity contribution in [2.45, 2.75) is 38.8 Å². The van der Waals surface area contributed by atoms with E-state index in [0.717, 1.165) is 25.9 Å². The fraction of sp³-hybridized carbons (Fsp3) is 0.667. The van der Waals surface area contributed by atoms with Gasteiger partial charge in [-0.2, -0.15) is 0 Å². The molecule has 1 aliphatic rings. The predicted octanol–water partition coefficient (Wildman–Crippen LogP) is 2.02. The highest BCUT2D eigenvalue weighted by Crippen LogP contribution is 2.21. The summed E-state index contributed by atoms with van der Waals surface area (Å²) in [4.78, 5) is 15.4. The molecule has 5 heteroatoms. The Balaban J connectivity index is 1.73. The van der Waals surface area contributed by atoms with Crippen LogP contribution in [0.3, 0.4) is 0 Å². The Kier molecular flexibility index (Phi) is 5.57. The van der Waals surface area contributed by atoms with E-state index in [1.54, 1.807) is 11.3 Å². The molecular formula is C15H24N2O2S. The van der Waals surface area contributed by atoms with Crippen molar-refractivity contribution in [2.75, 3.05) is 19.6 Å². The van der Waals surface area contributed by atoms with Gasteiger partial charge in [-0.05, 0) is 57.1 Å². The lowest BCUT2D eigenvalue weighted by molar-refractivity contribution is -0.123. The predicted molar refractivity (Wildman–Crippen MR) is 81.7 cm³/mol. The number of nitrogens with zero attached hydrogens (tertiary/aromatic N) is 1. The first-order chi connectivity index (χ1) is 9.56. The van der Waals surface area contributed by atoms with Gasteiger partial charge in [0.25, 0.3) is 0 Å². The summed E-state index contributed by atoms with van der Waals surface area (Å²) in [6.45, 7) is 6.13. The lowest BCUT2D eigenvalue weighted by Crippen LogP contribution is -2.43. The van der Waals surface area contributed by atoms with Gasteiger partial charge in [0.2, 0.25) is 5.91 Å². The van der Waals surface area contributed by atoms with E-state index in [0.29, 0.717) is 12.5 Å². The number of aliphatic hydroxyl groups is 1. The number of carbonyl (C=O) groups excluding carboxylic acids is 1. The van der Waals surface area contributed by atoms with Gasteiger partial charge in [0.05, 0.1) is 18.7 Å². The number of aliphatic hydroxyl groups excluding tert-OH is 1. The molecule has 1 saturated heterocycles. The van der Waals surface area contributed by atoms with Gasteiger partial charge in [0, 0.05) is 4.88 Å². The van der Waals surface area contributed by atoms with Crippen LogP contribution >= 0.6 is 11.3 Å². The molecule has 2 rings (SSSR count). The first-order valence-electron chi connectivity index (χ1n) is 7.29. The first kappa shape index (κ1) is 15.5. The number of amides is 1. The second-order valence-corrected chi connectivity index (χ2v) is 6.64. The molecule has 2 N–H and O–H groups in total. The van der Waals surface area contributed by atoms with E-state index >= 15 is 0 Å². The Morgan fingerprint density at radius 3 is 2.75 bits per heavy atom. The summed E-state index contributed by atoms with van der Waals surface area (Å²) < 4.78 is 0. The maximum atomic E-state index is 12.0. The molecule has 1 fully saturated rings. The highest BCUT2D eigenvalue weighted by Gasteiger charge is 2.24.